The fourth-order valence-electron chi connectivity index (χ4n) is 2.16. The lowest BCUT2D eigenvalue weighted by molar-refractivity contribution is -0.133. The van der Waals surface area contributed by atoms with E-state index in [2.05, 4.69) is 9.97 Å². The predicted molar refractivity (Wildman–Crippen MR) is 67.3 cm³/mol. The van der Waals surface area contributed by atoms with E-state index >= 15 is 0 Å². The molecule has 18 heavy (non-hydrogen) atoms. The minimum atomic E-state index is 0.0450. The number of aromatic nitrogens is 2. The molecule has 0 bridgehead atoms. The van der Waals surface area contributed by atoms with Crippen molar-refractivity contribution in [3.8, 4) is 5.88 Å². The summed E-state index contributed by atoms with van der Waals surface area (Å²) in [7, 11) is 0. The predicted octanol–water partition coefficient (Wildman–Crippen LogP) is 1.56. The van der Waals surface area contributed by atoms with E-state index in [0.717, 1.165) is 19.4 Å². The molecule has 0 radical (unpaired) electrons. The van der Waals surface area contributed by atoms with E-state index in [1.54, 1.807) is 12.3 Å². The first-order chi connectivity index (χ1) is 8.69. The molecule has 2 heterocycles. The van der Waals surface area contributed by atoms with Gasteiger partial charge in [-0.25, -0.2) is 4.98 Å². The Kier molecular flexibility index (Phi) is 4.12. The quantitative estimate of drug-likeness (QED) is 0.816. The van der Waals surface area contributed by atoms with Crippen LogP contribution in [0.4, 0.5) is 0 Å². The molecule has 1 aliphatic heterocycles. The van der Waals surface area contributed by atoms with Gasteiger partial charge in [-0.05, 0) is 19.8 Å². The first-order valence-electron chi connectivity index (χ1n) is 6.43. The maximum Gasteiger partial charge on any atom is 0.222 e. The van der Waals surface area contributed by atoms with Crippen LogP contribution in [0.2, 0.25) is 0 Å². The monoisotopic (exact) mass is 249 g/mol. The molecule has 5 nitrogen and oxygen atoms in total. The molecule has 0 aromatic carbocycles. The van der Waals surface area contributed by atoms with E-state index in [1.165, 1.54) is 0 Å². The Balaban J connectivity index is 1.95. The fourth-order valence-corrected chi connectivity index (χ4v) is 2.16. The van der Waals surface area contributed by atoms with Crippen molar-refractivity contribution in [3.05, 3.63) is 18.1 Å². The molecule has 1 amide bonds. The summed E-state index contributed by atoms with van der Waals surface area (Å²) in [6.07, 6.45) is 4.25. The van der Waals surface area contributed by atoms with Crippen molar-refractivity contribution in [2.45, 2.75) is 39.2 Å². The van der Waals surface area contributed by atoms with E-state index in [4.69, 9.17) is 4.74 Å². The van der Waals surface area contributed by atoms with Crippen LogP contribution >= 0.6 is 0 Å². The average molecular weight is 249 g/mol. The van der Waals surface area contributed by atoms with Gasteiger partial charge in [-0.1, -0.05) is 6.92 Å². The van der Waals surface area contributed by atoms with Crippen LogP contribution in [0.1, 0.15) is 32.0 Å². The standard InChI is InChI=1S/C13H19N3O2/c1-3-13(17)16-8-4-5-11(9-16)18-12-6-7-14-10(2)15-12/h6-7,11H,3-5,8-9H2,1-2H3. The van der Waals surface area contributed by atoms with Gasteiger partial charge in [0.25, 0.3) is 0 Å². The van der Waals surface area contributed by atoms with Gasteiger partial charge in [0.1, 0.15) is 11.9 Å². The molecule has 1 atom stereocenters. The fraction of sp³-hybridized carbons (Fsp3) is 0.615. The van der Waals surface area contributed by atoms with Crippen molar-refractivity contribution >= 4 is 5.91 Å². The van der Waals surface area contributed by atoms with Crippen LogP contribution in [0.3, 0.4) is 0 Å². The summed E-state index contributed by atoms with van der Waals surface area (Å²) in [4.78, 5) is 21.8. The molecule has 0 saturated carbocycles. The third-order valence-corrected chi connectivity index (χ3v) is 3.07. The number of amides is 1. The van der Waals surface area contributed by atoms with Crippen LogP contribution in [0.15, 0.2) is 12.3 Å². The van der Waals surface area contributed by atoms with E-state index in [-0.39, 0.29) is 12.0 Å². The number of ether oxygens (including phenoxy) is 1. The molecular weight excluding hydrogens is 230 g/mol. The second kappa shape index (κ2) is 5.80. The molecule has 1 fully saturated rings. The molecule has 1 aromatic rings. The van der Waals surface area contributed by atoms with Gasteiger partial charge in [-0.2, -0.15) is 4.98 Å². The summed E-state index contributed by atoms with van der Waals surface area (Å²) in [6, 6.07) is 1.76. The highest BCUT2D eigenvalue weighted by molar-refractivity contribution is 5.75. The van der Waals surface area contributed by atoms with Crippen molar-refractivity contribution in [3.63, 3.8) is 0 Å². The smallest absolute Gasteiger partial charge is 0.222 e. The zero-order valence-corrected chi connectivity index (χ0v) is 10.9. The number of likely N-dealkylation sites (tertiary alicyclic amines) is 1. The van der Waals surface area contributed by atoms with Gasteiger partial charge in [0.15, 0.2) is 0 Å². The van der Waals surface area contributed by atoms with E-state index in [9.17, 15) is 4.79 Å². The SMILES string of the molecule is CCC(=O)N1CCCC(Oc2ccnc(C)n2)C1. The topological polar surface area (TPSA) is 55.3 Å². The molecule has 1 aromatic heterocycles. The molecule has 2 rings (SSSR count). The van der Waals surface area contributed by atoms with E-state index < -0.39 is 0 Å². The summed E-state index contributed by atoms with van der Waals surface area (Å²) >= 11 is 0. The summed E-state index contributed by atoms with van der Waals surface area (Å²) in [6.45, 7) is 5.23. The number of carbonyl (C=O) groups is 1. The van der Waals surface area contributed by atoms with E-state index in [0.29, 0.717) is 24.7 Å². The minimum Gasteiger partial charge on any atom is -0.472 e. The molecule has 98 valence electrons. The highest BCUT2D eigenvalue weighted by Crippen LogP contribution is 2.17. The maximum absolute atomic E-state index is 11.7. The van der Waals surface area contributed by atoms with Gasteiger partial charge in [0, 0.05) is 25.2 Å². The molecule has 1 aliphatic rings. The third-order valence-electron chi connectivity index (χ3n) is 3.07. The van der Waals surface area contributed by atoms with Gasteiger partial charge in [-0.15, -0.1) is 0 Å². The molecule has 0 spiro atoms. The number of piperidine rings is 1. The number of hydrogen-bond donors (Lipinski definition) is 0. The maximum atomic E-state index is 11.7. The number of carbonyl (C=O) groups excluding carboxylic acids is 1. The first kappa shape index (κ1) is 12.8. The largest absolute Gasteiger partial charge is 0.472 e. The number of hydrogen-bond acceptors (Lipinski definition) is 4. The van der Waals surface area contributed by atoms with Crippen molar-refractivity contribution in [2.24, 2.45) is 0 Å². The van der Waals surface area contributed by atoms with Crippen LogP contribution < -0.4 is 4.74 Å². The summed E-state index contributed by atoms with van der Waals surface area (Å²) in [5, 5.41) is 0. The highest BCUT2D eigenvalue weighted by Gasteiger charge is 2.24. The normalized spacial score (nSPS) is 19.7. The Labute approximate surface area is 107 Å². The zero-order chi connectivity index (χ0) is 13.0. The van der Waals surface area contributed by atoms with E-state index in [1.807, 2.05) is 18.7 Å². The summed E-state index contributed by atoms with van der Waals surface area (Å²) in [5.74, 6) is 1.49. The molecule has 1 unspecified atom stereocenters. The van der Waals surface area contributed by atoms with Crippen molar-refractivity contribution in [1.82, 2.24) is 14.9 Å². The Hall–Kier alpha value is -1.65. The second-order valence-corrected chi connectivity index (χ2v) is 4.52. The van der Waals surface area contributed by atoms with Crippen LogP contribution in [0, 0.1) is 6.92 Å². The van der Waals surface area contributed by atoms with Gasteiger partial charge in [-0.3, -0.25) is 4.79 Å². The molecule has 1 saturated heterocycles. The molecule has 5 heteroatoms. The van der Waals surface area contributed by atoms with Gasteiger partial charge < -0.3 is 9.64 Å². The molecular formula is C13H19N3O2. The van der Waals surface area contributed by atoms with Crippen LogP contribution in [0.25, 0.3) is 0 Å². The molecule has 0 N–H and O–H groups in total. The Bertz CT molecular complexity index is 422. The van der Waals surface area contributed by atoms with Crippen LogP contribution in [0.5, 0.6) is 5.88 Å². The summed E-state index contributed by atoms with van der Waals surface area (Å²) in [5.41, 5.74) is 0. The third kappa shape index (κ3) is 3.18. The van der Waals surface area contributed by atoms with Gasteiger partial charge in [0.2, 0.25) is 11.8 Å². The molecule has 0 aliphatic carbocycles. The van der Waals surface area contributed by atoms with Crippen molar-refractivity contribution < 1.29 is 9.53 Å². The number of nitrogens with zero attached hydrogens (tertiary/aromatic N) is 3. The lowest BCUT2D eigenvalue weighted by atomic mass is 10.1. The van der Waals surface area contributed by atoms with Gasteiger partial charge in [0.05, 0.1) is 6.54 Å². The number of aryl methyl sites for hydroxylation is 1. The Morgan fingerprint density at radius 3 is 3.17 bits per heavy atom. The summed E-state index contributed by atoms with van der Waals surface area (Å²) < 4.78 is 5.82. The average Bonchev–Trinajstić information content (AvgIpc) is 2.38. The second-order valence-electron chi connectivity index (χ2n) is 4.52. The Morgan fingerprint density at radius 2 is 2.44 bits per heavy atom. The van der Waals surface area contributed by atoms with Crippen molar-refractivity contribution in [2.75, 3.05) is 13.1 Å². The zero-order valence-electron chi connectivity index (χ0n) is 10.9. The lowest BCUT2D eigenvalue weighted by Gasteiger charge is -2.32. The van der Waals surface area contributed by atoms with Gasteiger partial charge >= 0.3 is 0 Å². The lowest BCUT2D eigenvalue weighted by Crippen LogP contribution is -2.44. The highest BCUT2D eigenvalue weighted by atomic mass is 16.5. The van der Waals surface area contributed by atoms with Crippen LogP contribution in [-0.2, 0) is 4.79 Å². The number of rotatable bonds is 3. The van der Waals surface area contributed by atoms with Crippen molar-refractivity contribution in [1.29, 1.82) is 0 Å². The minimum absolute atomic E-state index is 0.0450. The Morgan fingerprint density at radius 1 is 1.61 bits per heavy atom. The van der Waals surface area contributed by atoms with Crippen LogP contribution in [-0.4, -0.2) is 40.0 Å². The first-order valence-corrected chi connectivity index (χ1v) is 6.43.